The van der Waals surface area contributed by atoms with Gasteiger partial charge < -0.3 is 0 Å². The Morgan fingerprint density at radius 1 is 1.42 bits per heavy atom. The van der Waals surface area contributed by atoms with Gasteiger partial charge in [-0.25, -0.2) is 0 Å². The van der Waals surface area contributed by atoms with Crippen molar-refractivity contribution in [3.63, 3.8) is 0 Å². The third-order valence-corrected chi connectivity index (χ3v) is 6.47. The molecule has 0 radical (unpaired) electrons. The van der Waals surface area contributed by atoms with E-state index in [0.29, 0.717) is 0 Å². The lowest BCUT2D eigenvalue weighted by Gasteiger charge is -2.31. The summed E-state index contributed by atoms with van der Waals surface area (Å²) in [5, 5.41) is 0.929. The Hall–Kier alpha value is 1.05. The van der Waals surface area contributed by atoms with Crippen LogP contribution in [0.5, 0.6) is 0 Å². The number of hydrogen-bond acceptors (Lipinski definition) is 2. The lowest BCUT2D eigenvalue weighted by atomic mass is 10.1. The fourth-order valence-corrected chi connectivity index (χ4v) is 4.74. The maximum atomic E-state index is 4.74. The van der Waals surface area contributed by atoms with Crippen LogP contribution in [0.25, 0.3) is 0 Å². The molecule has 0 nitrogen and oxygen atoms in total. The minimum atomic E-state index is -0.569. The average Bonchev–Trinajstić information content (AvgIpc) is 2.35. The average molecular weight is 224 g/mol. The highest BCUT2D eigenvalue weighted by Crippen LogP contribution is 2.56. The monoisotopic (exact) mass is 224 g/mol. The van der Waals surface area contributed by atoms with Crippen molar-refractivity contribution < 1.29 is 0 Å². The summed E-state index contributed by atoms with van der Waals surface area (Å²) >= 11 is 6.73. The van der Waals surface area contributed by atoms with Crippen LogP contribution in [0.2, 0.25) is 0 Å². The van der Waals surface area contributed by atoms with E-state index >= 15 is 0 Å². The molecule has 12 heavy (non-hydrogen) atoms. The minimum Gasteiger partial charge on any atom is -0.198 e. The Balaban J connectivity index is 2.35. The van der Waals surface area contributed by atoms with Gasteiger partial charge in [0.1, 0.15) is 0 Å². The van der Waals surface area contributed by atoms with Gasteiger partial charge in [-0.1, -0.05) is 0 Å². The smallest absolute Gasteiger partial charge is 0.00310 e. The molecule has 1 aliphatic carbocycles. The predicted molar refractivity (Wildman–Crippen MR) is 67.9 cm³/mol. The van der Waals surface area contributed by atoms with Crippen LogP contribution in [-0.2, 0) is 0 Å². The van der Waals surface area contributed by atoms with Crippen molar-refractivity contribution in [2.75, 3.05) is 24.5 Å². The Morgan fingerprint density at radius 3 is 2.50 bits per heavy atom. The Morgan fingerprint density at radius 2 is 2.08 bits per heavy atom. The second-order valence-corrected chi connectivity index (χ2v) is 11.2. The third-order valence-electron chi connectivity index (χ3n) is 2.71. The van der Waals surface area contributed by atoms with E-state index < -0.39 is 9.06 Å². The SMILES string of the molecule is CSCC1CCC(S(C)(C)S)C1. The molecule has 0 aromatic rings. The van der Waals surface area contributed by atoms with Crippen LogP contribution in [0.15, 0.2) is 0 Å². The third kappa shape index (κ3) is 3.08. The summed E-state index contributed by atoms with van der Waals surface area (Å²) in [5.74, 6) is 2.35. The molecule has 0 aromatic carbocycles. The fourth-order valence-electron chi connectivity index (χ4n) is 1.94. The highest BCUT2D eigenvalue weighted by Gasteiger charge is 2.30. The minimum absolute atomic E-state index is 0.569. The van der Waals surface area contributed by atoms with Gasteiger partial charge in [0.2, 0.25) is 0 Å². The van der Waals surface area contributed by atoms with Crippen LogP contribution < -0.4 is 0 Å². The Labute approximate surface area is 87.4 Å². The van der Waals surface area contributed by atoms with Crippen molar-refractivity contribution in [2.24, 2.45) is 5.92 Å². The van der Waals surface area contributed by atoms with Crippen molar-refractivity contribution >= 4 is 32.5 Å². The van der Waals surface area contributed by atoms with Crippen molar-refractivity contribution in [3.05, 3.63) is 0 Å². The van der Waals surface area contributed by atoms with Crippen molar-refractivity contribution in [1.29, 1.82) is 0 Å². The second-order valence-electron chi connectivity index (χ2n) is 4.11. The van der Waals surface area contributed by atoms with E-state index in [1.54, 1.807) is 0 Å². The molecule has 2 unspecified atom stereocenters. The highest BCUT2D eigenvalue weighted by atomic mass is 33.1. The van der Waals surface area contributed by atoms with Gasteiger partial charge in [-0.05, 0) is 55.0 Å². The zero-order valence-corrected chi connectivity index (χ0v) is 10.8. The molecule has 0 N–H and O–H groups in total. The molecule has 0 saturated heterocycles. The van der Waals surface area contributed by atoms with Crippen LogP contribution >= 0.6 is 32.5 Å². The predicted octanol–water partition coefficient (Wildman–Crippen LogP) is 3.43. The first-order valence-corrected chi connectivity index (χ1v) is 9.43. The van der Waals surface area contributed by atoms with E-state index in [9.17, 15) is 0 Å². The molecule has 1 saturated carbocycles. The lowest BCUT2D eigenvalue weighted by Crippen LogP contribution is -2.08. The summed E-state index contributed by atoms with van der Waals surface area (Å²) < 4.78 is 0. The van der Waals surface area contributed by atoms with Crippen molar-refractivity contribution in [2.45, 2.75) is 24.5 Å². The molecule has 0 aliphatic heterocycles. The molecular formula is C9H20S3. The summed E-state index contributed by atoms with van der Waals surface area (Å²) in [5.41, 5.74) is 0. The normalized spacial score (nSPS) is 32.3. The zero-order chi connectivity index (χ0) is 9.19. The van der Waals surface area contributed by atoms with E-state index in [2.05, 4.69) is 18.8 Å². The van der Waals surface area contributed by atoms with Gasteiger partial charge >= 0.3 is 0 Å². The number of hydrogen-bond donors (Lipinski definition) is 1. The molecule has 0 amide bonds. The maximum Gasteiger partial charge on any atom is -0.00310 e. The topological polar surface area (TPSA) is 0 Å². The van der Waals surface area contributed by atoms with E-state index in [4.69, 9.17) is 11.7 Å². The molecule has 1 rings (SSSR count). The molecule has 0 aromatic heterocycles. The number of thiol groups is 1. The van der Waals surface area contributed by atoms with Gasteiger partial charge in [0.15, 0.2) is 0 Å². The maximum absolute atomic E-state index is 4.74. The van der Waals surface area contributed by atoms with Crippen LogP contribution in [0.1, 0.15) is 19.3 Å². The molecule has 1 aliphatic rings. The van der Waals surface area contributed by atoms with Crippen LogP contribution in [-0.4, -0.2) is 29.8 Å². The second kappa shape index (κ2) is 4.52. The van der Waals surface area contributed by atoms with Gasteiger partial charge in [0.25, 0.3) is 0 Å². The Bertz CT molecular complexity index is 139. The Kier molecular flexibility index (Phi) is 4.19. The van der Waals surface area contributed by atoms with Gasteiger partial charge in [-0.3, -0.25) is 0 Å². The molecule has 0 spiro atoms. The lowest BCUT2D eigenvalue weighted by molar-refractivity contribution is 0.625. The van der Waals surface area contributed by atoms with Gasteiger partial charge in [-0.15, -0.1) is 11.7 Å². The summed E-state index contributed by atoms with van der Waals surface area (Å²) in [6, 6.07) is 0. The first kappa shape index (κ1) is 11.1. The first-order valence-electron chi connectivity index (χ1n) is 4.47. The van der Waals surface area contributed by atoms with Gasteiger partial charge in [-0.2, -0.15) is 20.8 Å². The van der Waals surface area contributed by atoms with Crippen LogP contribution in [0.3, 0.4) is 0 Å². The summed E-state index contributed by atoms with van der Waals surface area (Å²) in [6.07, 6.45) is 11.2. The molecule has 0 heterocycles. The van der Waals surface area contributed by atoms with Crippen LogP contribution in [0.4, 0.5) is 0 Å². The zero-order valence-electron chi connectivity index (χ0n) is 8.25. The molecule has 3 heteroatoms. The highest BCUT2D eigenvalue weighted by molar-refractivity contribution is 8.87. The van der Waals surface area contributed by atoms with E-state index in [0.717, 1.165) is 11.2 Å². The quantitative estimate of drug-likeness (QED) is 0.566. The van der Waals surface area contributed by atoms with Crippen molar-refractivity contribution in [1.82, 2.24) is 0 Å². The van der Waals surface area contributed by atoms with Gasteiger partial charge in [0.05, 0.1) is 0 Å². The standard InChI is InChI=1S/C9H20S3/c1-11-7-8-4-5-9(6-8)12(2,3)10/h8-10H,4-7H2,1-3H3. The number of rotatable bonds is 3. The summed E-state index contributed by atoms with van der Waals surface area (Å²) in [6.45, 7) is 0. The van der Waals surface area contributed by atoms with Gasteiger partial charge in [0, 0.05) is 0 Å². The van der Waals surface area contributed by atoms with E-state index in [1.165, 1.54) is 25.0 Å². The van der Waals surface area contributed by atoms with Crippen LogP contribution in [0, 0.1) is 5.92 Å². The molecular weight excluding hydrogens is 204 g/mol. The molecule has 0 bridgehead atoms. The molecule has 74 valence electrons. The summed E-state index contributed by atoms with van der Waals surface area (Å²) in [7, 11) is -0.569. The summed E-state index contributed by atoms with van der Waals surface area (Å²) in [4.78, 5) is 0. The van der Waals surface area contributed by atoms with Crippen molar-refractivity contribution in [3.8, 4) is 0 Å². The van der Waals surface area contributed by atoms with E-state index in [-0.39, 0.29) is 0 Å². The fraction of sp³-hybridized carbons (Fsp3) is 1.00. The molecule has 1 fully saturated rings. The number of thioether (sulfide) groups is 1. The molecule has 2 atom stereocenters. The first-order chi connectivity index (χ1) is 5.54. The van der Waals surface area contributed by atoms with E-state index in [1.807, 2.05) is 11.8 Å². The largest absolute Gasteiger partial charge is 0.198 e.